The lowest BCUT2D eigenvalue weighted by molar-refractivity contribution is -0.143. The van der Waals surface area contributed by atoms with Crippen molar-refractivity contribution in [1.82, 2.24) is 15.2 Å². The molecule has 8 nitrogen and oxygen atoms in total. The summed E-state index contributed by atoms with van der Waals surface area (Å²) < 4.78 is 5.18. The molecule has 2 aliphatic heterocycles. The zero-order chi connectivity index (χ0) is 23.0. The van der Waals surface area contributed by atoms with Gasteiger partial charge in [0.2, 0.25) is 0 Å². The normalized spacial score (nSPS) is 18.9. The van der Waals surface area contributed by atoms with Gasteiger partial charge < -0.3 is 24.7 Å². The Bertz CT molecular complexity index is 1040. The number of aliphatic hydroxyl groups is 1. The third-order valence-electron chi connectivity index (χ3n) is 6.79. The Kier molecular flexibility index (Phi) is 5.82. The standard InChI is InChI=1S/C25H30N4O4/c1-33-15-14-29-22-7-6-20(16-21(22)17-26-29)18-2-4-19(5-3-18)23(30)27-10-12-28(13-11-27)24(31)25(32)8-9-25/h2-7,16,26,32H,8-15,17H2,1H3. The fourth-order valence-corrected chi connectivity index (χ4v) is 4.54. The summed E-state index contributed by atoms with van der Waals surface area (Å²) >= 11 is 0. The van der Waals surface area contributed by atoms with Gasteiger partial charge in [0.05, 0.1) is 18.8 Å². The maximum atomic E-state index is 13.0. The predicted octanol–water partition coefficient (Wildman–Crippen LogP) is 1.63. The van der Waals surface area contributed by atoms with Crippen LogP contribution in [0.5, 0.6) is 0 Å². The molecule has 0 aromatic heterocycles. The lowest BCUT2D eigenvalue weighted by Gasteiger charge is -2.35. The number of benzene rings is 2. The van der Waals surface area contributed by atoms with Crippen LogP contribution in [0, 0.1) is 0 Å². The number of ether oxygens (including phenoxy) is 1. The molecule has 2 amide bonds. The Morgan fingerprint density at radius 2 is 1.67 bits per heavy atom. The number of carbonyl (C=O) groups excluding carboxylic acids is 2. The second kappa shape index (κ2) is 8.78. The molecule has 1 aliphatic carbocycles. The van der Waals surface area contributed by atoms with Crippen molar-refractivity contribution in [2.45, 2.75) is 25.0 Å². The van der Waals surface area contributed by atoms with Crippen LogP contribution in [-0.2, 0) is 16.1 Å². The molecule has 0 bridgehead atoms. The zero-order valence-corrected chi connectivity index (χ0v) is 18.9. The highest BCUT2D eigenvalue weighted by Gasteiger charge is 2.50. The molecule has 2 aromatic carbocycles. The number of piperazine rings is 1. The maximum Gasteiger partial charge on any atom is 0.254 e. The Labute approximate surface area is 193 Å². The van der Waals surface area contributed by atoms with Crippen molar-refractivity contribution in [2.75, 3.05) is 51.4 Å². The van der Waals surface area contributed by atoms with Crippen molar-refractivity contribution in [3.63, 3.8) is 0 Å². The maximum absolute atomic E-state index is 13.0. The van der Waals surface area contributed by atoms with Crippen molar-refractivity contribution in [3.05, 3.63) is 53.6 Å². The summed E-state index contributed by atoms with van der Waals surface area (Å²) in [5.41, 5.74) is 7.49. The minimum absolute atomic E-state index is 0.0225. The minimum atomic E-state index is -1.14. The van der Waals surface area contributed by atoms with Gasteiger partial charge in [0.25, 0.3) is 11.8 Å². The summed E-state index contributed by atoms with van der Waals surface area (Å²) in [7, 11) is 1.70. The third kappa shape index (κ3) is 4.34. The number of nitrogens with one attached hydrogen (secondary N) is 1. The Morgan fingerprint density at radius 1 is 1.00 bits per heavy atom. The van der Waals surface area contributed by atoms with E-state index in [2.05, 4.69) is 28.6 Å². The van der Waals surface area contributed by atoms with Crippen LogP contribution in [0.1, 0.15) is 28.8 Å². The fourth-order valence-electron chi connectivity index (χ4n) is 4.54. The first-order valence-corrected chi connectivity index (χ1v) is 11.5. The van der Waals surface area contributed by atoms with Gasteiger partial charge in [-0.3, -0.25) is 9.59 Å². The number of amides is 2. The molecule has 0 spiro atoms. The summed E-state index contributed by atoms with van der Waals surface area (Å²) in [4.78, 5) is 28.7. The fraction of sp³-hybridized carbons (Fsp3) is 0.440. The summed E-state index contributed by atoms with van der Waals surface area (Å²) in [6.07, 6.45) is 1.09. The number of fused-ring (bicyclic) bond motifs is 1. The van der Waals surface area contributed by atoms with Gasteiger partial charge in [-0.25, -0.2) is 5.43 Å². The van der Waals surface area contributed by atoms with Crippen LogP contribution in [0.2, 0.25) is 0 Å². The number of hydrogen-bond donors (Lipinski definition) is 2. The van der Waals surface area contributed by atoms with Crippen LogP contribution < -0.4 is 10.4 Å². The molecule has 0 radical (unpaired) electrons. The molecule has 2 aromatic rings. The molecular weight excluding hydrogens is 420 g/mol. The van der Waals surface area contributed by atoms with Gasteiger partial charge in [-0.2, -0.15) is 0 Å². The van der Waals surface area contributed by atoms with Crippen molar-refractivity contribution in [3.8, 4) is 11.1 Å². The molecule has 174 valence electrons. The molecule has 5 rings (SSSR count). The van der Waals surface area contributed by atoms with E-state index in [1.54, 1.807) is 16.9 Å². The zero-order valence-electron chi connectivity index (χ0n) is 18.9. The van der Waals surface area contributed by atoms with Gasteiger partial charge >= 0.3 is 0 Å². The molecule has 33 heavy (non-hydrogen) atoms. The molecular formula is C25H30N4O4. The van der Waals surface area contributed by atoms with E-state index in [0.29, 0.717) is 51.2 Å². The van der Waals surface area contributed by atoms with Gasteiger partial charge in [0.15, 0.2) is 0 Å². The monoisotopic (exact) mass is 450 g/mol. The lowest BCUT2D eigenvalue weighted by atomic mass is 10.0. The van der Waals surface area contributed by atoms with Crippen LogP contribution in [-0.4, -0.2) is 78.8 Å². The van der Waals surface area contributed by atoms with E-state index in [1.807, 2.05) is 24.3 Å². The molecule has 2 heterocycles. The average Bonchev–Trinajstić information content (AvgIpc) is 3.49. The molecule has 1 saturated carbocycles. The van der Waals surface area contributed by atoms with E-state index >= 15 is 0 Å². The number of nitrogens with zero attached hydrogens (tertiary/aromatic N) is 3. The molecule has 2 N–H and O–H groups in total. The summed E-state index contributed by atoms with van der Waals surface area (Å²) in [5, 5.41) is 12.2. The number of hydrogen-bond acceptors (Lipinski definition) is 6. The molecule has 8 heteroatoms. The van der Waals surface area contributed by atoms with Crippen molar-refractivity contribution >= 4 is 17.5 Å². The number of carbonyl (C=O) groups is 2. The summed E-state index contributed by atoms with van der Waals surface area (Å²) in [5.74, 6) is -0.212. The van der Waals surface area contributed by atoms with Gasteiger partial charge in [0, 0.05) is 45.4 Å². The first-order valence-electron chi connectivity index (χ1n) is 11.5. The van der Waals surface area contributed by atoms with E-state index in [0.717, 1.165) is 24.2 Å². The Morgan fingerprint density at radius 3 is 2.33 bits per heavy atom. The number of anilines is 1. The van der Waals surface area contributed by atoms with Crippen molar-refractivity contribution < 1.29 is 19.4 Å². The molecule has 3 aliphatic rings. The van der Waals surface area contributed by atoms with E-state index in [9.17, 15) is 14.7 Å². The van der Waals surface area contributed by atoms with Crippen molar-refractivity contribution in [2.24, 2.45) is 0 Å². The van der Waals surface area contributed by atoms with Crippen LogP contribution >= 0.6 is 0 Å². The first-order chi connectivity index (χ1) is 16.0. The van der Waals surface area contributed by atoms with Gasteiger partial charge in [-0.1, -0.05) is 18.2 Å². The minimum Gasteiger partial charge on any atom is -0.383 e. The molecule has 1 saturated heterocycles. The van der Waals surface area contributed by atoms with E-state index in [4.69, 9.17) is 4.74 Å². The largest absolute Gasteiger partial charge is 0.383 e. The number of hydrazine groups is 1. The first kappa shape index (κ1) is 21.9. The highest BCUT2D eigenvalue weighted by Crippen LogP contribution is 2.37. The SMILES string of the molecule is COCCN1NCc2cc(-c3ccc(C(=O)N4CCN(C(=O)C5(O)CC5)CC4)cc3)ccc21. The summed E-state index contributed by atoms with van der Waals surface area (Å²) in [6, 6.07) is 14.1. The predicted molar refractivity (Wildman–Crippen MR) is 125 cm³/mol. The van der Waals surface area contributed by atoms with Crippen LogP contribution in [0.25, 0.3) is 11.1 Å². The Hall–Kier alpha value is -2.94. The smallest absolute Gasteiger partial charge is 0.254 e. The highest BCUT2D eigenvalue weighted by atomic mass is 16.5. The molecule has 0 atom stereocenters. The van der Waals surface area contributed by atoms with Gasteiger partial charge in [-0.05, 0) is 53.8 Å². The number of methoxy groups -OCH3 is 1. The molecule has 2 fully saturated rings. The van der Waals surface area contributed by atoms with E-state index in [1.165, 1.54) is 11.3 Å². The van der Waals surface area contributed by atoms with Crippen LogP contribution in [0.3, 0.4) is 0 Å². The van der Waals surface area contributed by atoms with E-state index in [-0.39, 0.29) is 11.8 Å². The third-order valence-corrected chi connectivity index (χ3v) is 6.79. The van der Waals surface area contributed by atoms with Gasteiger partial charge in [-0.15, -0.1) is 0 Å². The average molecular weight is 451 g/mol. The Balaban J connectivity index is 1.21. The second-order valence-electron chi connectivity index (χ2n) is 9.02. The lowest BCUT2D eigenvalue weighted by Crippen LogP contribution is -2.53. The quantitative estimate of drug-likeness (QED) is 0.696. The van der Waals surface area contributed by atoms with Crippen molar-refractivity contribution in [1.29, 1.82) is 0 Å². The van der Waals surface area contributed by atoms with Crippen LogP contribution in [0.15, 0.2) is 42.5 Å². The highest BCUT2D eigenvalue weighted by molar-refractivity contribution is 5.95. The molecule has 0 unspecified atom stereocenters. The van der Waals surface area contributed by atoms with Crippen LogP contribution in [0.4, 0.5) is 5.69 Å². The topological polar surface area (TPSA) is 85.4 Å². The number of rotatable bonds is 6. The summed E-state index contributed by atoms with van der Waals surface area (Å²) in [6.45, 7) is 4.15. The second-order valence-corrected chi connectivity index (χ2v) is 9.02. The van der Waals surface area contributed by atoms with Gasteiger partial charge in [0.1, 0.15) is 5.60 Å². The van der Waals surface area contributed by atoms with E-state index < -0.39 is 5.60 Å².